The summed E-state index contributed by atoms with van der Waals surface area (Å²) in [5.41, 5.74) is 4.78. The molecule has 1 aromatic heterocycles. The van der Waals surface area contributed by atoms with Crippen molar-refractivity contribution in [2.45, 2.75) is 27.2 Å². The van der Waals surface area contributed by atoms with Gasteiger partial charge >= 0.3 is 0 Å². The summed E-state index contributed by atoms with van der Waals surface area (Å²) in [6.45, 7) is 5.97. The normalized spacial score (nSPS) is 11.0. The van der Waals surface area contributed by atoms with E-state index in [1.807, 2.05) is 32.2 Å². The van der Waals surface area contributed by atoms with Crippen molar-refractivity contribution in [3.8, 4) is 0 Å². The highest BCUT2D eigenvalue weighted by atomic mass is 32.1. The number of nitrogens with one attached hydrogen (secondary N) is 2. The molecule has 0 spiro atoms. The first-order chi connectivity index (χ1) is 11.5. The van der Waals surface area contributed by atoms with Gasteiger partial charge in [0.25, 0.3) is 5.91 Å². The van der Waals surface area contributed by atoms with Gasteiger partial charge in [0, 0.05) is 22.5 Å². The van der Waals surface area contributed by atoms with Gasteiger partial charge < -0.3 is 5.32 Å². The van der Waals surface area contributed by atoms with E-state index in [0.717, 1.165) is 10.4 Å². The monoisotopic (exact) mass is 343 g/mol. The van der Waals surface area contributed by atoms with E-state index in [1.54, 1.807) is 41.8 Å². The maximum Gasteiger partial charge on any atom is 0.271 e. The van der Waals surface area contributed by atoms with Crippen molar-refractivity contribution in [2.75, 3.05) is 5.32 Å². The summed E-state index contributed by atoms with van der Waals surface area (Å²) in [6.07, 6.45) is 2.11. The lowest BCUT2D eigenvalue weighted by molar-refractivity contribution is -0.116. The molecule has 0 atom stereocenters. The molecule has 0 unspecified atom stereocenters. The van der Waals surface area contributed by atoms with E-state index in [9.17, 15) is 9.59 Å². The van der Waals surface area contributed by atoms with Gasteiger partial charge in [-0.25, -0.2) is 5.43 Å². The third-order valence-corrected chi connectivity index (χ3v) is 4.23. The van der Waals surface area contributed by atoms with Crippen molar-refractivity contribution in [1.82, 2.24) is 5.43 Å². The molecule has 2 aromatic rings. The van der Waals surface area contributed by atoms with Crippen LogP contribution in [0.2, 0.25) is 0 Å². The highest BCUT2D eigenvalue weighted by Crippen LogP contribution is 2.13. The fraction of sp³-hybridized carbons (Fsp3) is 0.278. The smallest absolute Gasteiger partial charge is 0.271 e. The van der Waals surface area contributed by atoms with E-state index in [1.165, 1.54) is 0 Å². The number of anilines is 1. The molecule has 0 aliphatic carbocycles. The Morgan fingerprint density at radius 1 is 1.21 bits per heavy atom. The summed E-state index contributed by atoms with van der Waals surface area (Å²) < 4.78 is 0. The Hall–Kier alpha value is -2.47. The first kappa shape index (κ1) is 17.9. The fourth-order valence-electron chi connectivity index (χ4n) is 2.02. The van der Waals surface area contributed by atoms with Crippen LogP contribution in [0.15, 0.2) is 40.8 Å². The molecule has 6 heteroatoms. The van der Waals surface area contributed by atoms with Crippen LogP contribution in [0, 0.1) is 12.8 Å². The number of hydrogen-bond donors (Lipinski definition) is 2. The summed E-state index contributed by atoms with van der Waals surface area (Å²) in [6, 6.07) is 8.74. The molecule has 0 aliphatic rings. The van der Waals surface area contributed by atoms with Crippen LogP contribution in [0.5, 0.6) is 0 Å². The third-order valence-electron chi connectivity index (χ3n) is 3.27. The fourth-order valence-corrected chi connectivity index (χ4v) is 2.80. The molecule has 0 fully saturated rings. The summed E-state index contributed by atoms with van der Waals surface area (Å²) in [4.78, 5) is 24.8. The Balaban J connectivity index is 1.90. The van der Waals surface area contributed by atoms with Gasteiger partial charge in [0.2, 0.25) is 5.91 Å². The number of carbonyl (C=O) groups is 2. The molecule has 0 aliphatic heterocycles. The number of rotatable bonds is 6. The number of aryl methyl sites for hydroxylation is 1. The summed E-state index contributed by atoms with van der Waals surface area (Å²) in [5, 5.41) is 8.76. The molecule has 0 bridgehead atoms. The van der Waals surface area contributed by atoms with Crippen LogP contribution in [-0.2, 0) is 4.79 Å². The summed E-state index contributed by atoms with van der Waals surface area (Å²) in [7, 11) is 0. The average Bonchev–Trinajstić information content (AvgIpc) is 2.92. The number of hydrazone groups is 1. The summed E-state index contributed by atoms with van der Waals surface area (Å²) >= 11 is 1.57. The van der Waals surface area contributed by atoms with Crippen LogP contribution in [-0.4, -0.2) is 18.0 Å². The van der Waals surface area contributed by atoms with E-state index >= 15 is 0 Å². The lowest BCUT2D eigenvalue weighted by Crippen LogP contribution is -2.18. The second-order valence-electron chi connectivity index (χ2n) is 5.89. The zero-order valence-electron chi connectivity index (χ0n) is 14.0. The van der Waals surface area contributed by atoms with Gasteiger partial charge in [-0.05, 0) is 54.1 Å². The second-order valence-corrected chi connectivity index (χ2v) is 6.84. The molecule has 0 saturated heterocycles. The number of thiophene rings is 1. The van der Waals surface area contributed by atoms with Crippen molar-refractivity contribution in [2.24, 2.45) is 11.0 Å². The largest absolute Gasteiger partial charge is 0.326 e. The highest BCUT2D eigenvalue weighted by Gasteiger charge is 2.07. The Morgan fingerprint density at radius 2 is 1.92 bits per heavy atom. The van der Waals surface area contributed by atoms with Gasteiger partial charge in [0.15, 0.2) is 0 Å². The minimum Gasteiger partial charge on any atom is -0.326 e. The Kier molecular flexibility index (Phi) is 6.26. The Labute approximate surface area is 145 Å². The Morgan fingerprint density at radius 3 is 2.50 bits per heavy atom. The van der Waals surface area contributed by atoms with E-state index in [4.69, 9.17) is 0 Å². The molecule has 24 heavy (non-hydrogen) atoms. The standard InChI is InChI=1S/C18H21N3O2S/c1-12(2)10-17(22)20-15-6-4-14(5-7-15)18(23)21-19-11-16-13(3)8-9-24-16/h4-9,11-12H,10H2,1-3H3,(H,20,22)(H,21,23)/b19-11+. The number of hydrogen-bond acceptors (Lipinski definition) is 4. The number of amides is 2. The number of carbonyl (C=O) groups excluding carboxylic acids is 2. The molecular formula is C18H21N3O2S. The molecule has 2 amide bonds. The predicted octanol–water partition coefficient (Wildman–Crippen LogP) is 3.81. The molecule has 5 nitrogen and oxygen atoms in total. The topological polar surface area (TPSA) is 70.6 Å². The van der Waals surface area contributed by atoms with E-state index in [-0.39, 0.29) is 11.8 Å². The minimum atomic E-state index is -0.291. The zero-order valence-corrected chi connectivity index (χ0v) is 14.8. The highest BCUT2D eigenvalue weighted by molar-refractivity contribution is 7.11. The van der Waals surface area contributed by atoms with Gasteiger partial charge in [-0.2, -0.15) is 5.10 Å². The van der Waals surface area contributed by atoms with Crippen molar-refractivity contribution in [3.63, 3.8) is 0 Å². The van der Waals surface area contributed by atoms with Crippen molar-refractivity contribution >= 4 is 35.1 Å². The van der Waals surface area contributed by atoms with Gasteiger partial charge in [0.1, 0.15) is 0 Å². The van der Waals surface area contributed by atoms with Gasteiger partial charge in [-0.15, -0.1) is 11.3 Å². The quantitative estimate of drug-likeness (QED) is 0.618. The molecule has 1 heterocycles. The summed E-state index contributed by atoms with van der Waals surface area (Å²) in [5.74, 6) is -0.0152. The molecule has 1 aromatic carbocycles. The molecule has 2 rings (SSSR count). The number of nitrogens with zero attached hydrogens (tertiary/aromatic N) is 1. The van der Waals surface area contributed by atoms with Crippen LogP contribution in [0.1, 0.15) is 41.1 Å². The first-order valence-corrected chi connectivity index (χ1v) is 8.61. The lowest BCUT2D eigenvalue weighted by Gasteiger charge is -2.07. The maximum atomic E-state index is 12.0. The van der Waals surface area contributed by atoms with E-state index in [2.05, 4.69) is 15.8 Å². The second kappa shape index (κ2) is 8.40. The lowest BCUT2D eigenvalue weighted by atomic mass is 10.1. The molecule has 0 saturated carbocycles. The van der Waals surface area contributed by atoms with Gasteiger partial charge in [-0.3, -0.25) is 9.59 Å². The van der Waals surface area contributed by atoms with Crippen molar-refractivity contribution in [1.29, 1.82) is 0 Å². The predicted molar refractivity (Wildman–Crippen MR) is 98.6 cm³/mol. The zero-order chi connectivity index (χ0) is 17.5. The molecule has 126 valence electrons. The van der Waals surface area contributed by atoms with Crippen LogP contribution in [0.4, 0.5) is 5.69 Å². The molecule has 2 N–H and O–H groups in total. The van der Waals surface area contributed by atoms with E-state index in [0.29, 0.717) is 23.6 Å². The van der Waals surface area contributed by atoms with Gasteiger partial charge in [-0.1, -0.05) is 13.8 Å². The maximum absolute atomic E-state index is 12.0. The third kappa shape index (κ3) is 5.31. The Bertz CT molecular complexity index is 733. The van der Waals surface area contributed by atoms with Gasteiger partial charge in [0.05, 0.1) is 6.21 Å². The average molecular weight is 343 g/mol. The van der Waals surface area contributed by atoms with Crippen LogP contribution in [0.3, 0.4) is 0 Å². The first-order valence-electron chi connectivity index (χ1n) is 7.73. The van der Waals surface area contributed by atoms with Crippen molar-refractivity contribution < 1.29 is 9.59 Å². The van der Waals surface area contributed by atoms with Crippen LogP contribution >= 0.6 is 11.3 Å². The minimum absolute atomic E-state index is 0.0295. The van der Waals surface area contributed by atoms with Crippen molar-refractivity contribution in [3.05, 3.63) is 51.7 Å². The van der Waals surface area contributed by atoms with Crippen LogP contribution in [0.25, 0.3) is 0 Å². The van der Waals surface area contributed by atoms with E-state index < -0.39 is 0 Å². The molecular weight excluding hydrogens is 322 g/mol. The van der Waals surface area contributed by atoms with Crippen LogP contribution < -0.4 is 10.7 Å². The number of benzene rings is 1. The SMILES string of the molecule is Cc1ccsc1/C=N/NC(=O)c1ccc(NC(=O)CC(C)C)cc1. The molecule has 0 radical (unpaired) electrons.